The third-order valence-electron chi connectivity index (χ3n) is 5.57. The van der Waals surface area contributed by atoms with Crippen LogP contribution < -0.4 is 10.1 Å². The lowest BCUT2D eigenvalue weighted by atomic mass is 10.1. The molecule has 0 saturated carbocycles. The number of hydrogen-bond donors (Lipinski definition) is 1. The summed E-state index contributed by atoms with van der Waals surface area (Å²) in [5.41, 5.74) is 2.57. The molecule has 1 aliphatic heterocycles. The average Bonchev–Trinajstić information content (AvgIpc) is 3.23. The van der Waals surface area contributed by atoms with Crippen molar-refractivity contribution in [2.45, 2.75) is 25.3 Å². The Morgan fingerprint density at radius 1 is 1.16 bits per heavy atom. The van der Waals surface area contributed by atoms with E-state index < -0.39 is 5.82 Å². The standard InChI is InChI=1S/C23H23FN6O2/c1-31-18-4-2-15(3-5-18)12-20-28-29-21-13-16(6-9-30(20)21)22-19(24)14-25-23(27-22)26-17-7-10-32-11-8-17/h2-6,9,13-14,17H,7-8,10-12H2,1H3,(H,25,26,27). The highest BCUT2D eigenvalue weighted by atomic mass is 19.1. The third kappa shape index (κ3) is 4.24. The van der Waals surface area contributed by atoms with Crippen molar-refractivity contribution in [3.05, 3.63) is 66.0 Å². The molecule has 5 rings (SSSR count). The molecule has 3 aromatic heterocycles. The summed E-state index contributed by atoms with van der Waals surface area (Å²) >= 11 is 0. The quantitative estimate of drug-likeness (QED) is 0.497. The minimum atomic E-state index is -0.482. The van der Waals surface area contributed by atoms with E-state index in [-0.39, 0.29) is 11.7 Å². The Kier molecular flexibility index (Phi) is 5.64. The average molecular weight is 434 g/mol. The first-order chi connectivity index (χ1) is 15.7. The topological polar surface area (TPSA) is 86.5 Å². The predicted octanol–water partition coefficient (Wildman–Crippen LogP) is 3.52. The van der Waals surface area contributed by atoms with Crippen LogP contribution in [0.2, 0.25) is 0 Å². The van der Waals surface area contributed by atoms with Gasteiger partial charge in [0.1, 0.15) is 17.3 Å². The van der Waals surface area contributed by atoms with Crippen LogP contribution in [-0.2, 0) is 11.2 Å². The molecular weight excluding hydrogens is 411 g/mol. The molecule has 1 fully saturated rings. The van der Waals surface area contributed by atoms with Gasteiger partial charge in [0.25, 0.3) is 0 Å². The minimum Gasteiger partial charge on any atom is -0.497 e. The maximum atomic E-state index is 14.6. The monoisotopic (exact) mass is 434 g/mol. The van der Waals surface area contributed by atoms with Crippen LogP contribution in [0.4, 0.5) is 10.3 Å². The molecule has 4 aromatic rings. The number of anilines is 1. The Morgan fingerprint density at radius 3 is 2.75 bits per heavy atom. The summed E-state index contributed by atoms with van der Waals surface area (Å²) in [6, 6.07) is 11.7. The zero-order valence-corrected chi connectivity index (χ0v) is 17.7. The Morgan fingerprint density at radius 2 is 1.97 bits per heavy atom. The van der Waals surface area contributed by atoms with Gasteiger partial charge in [0.2, 0.25) is 5.95 Å². The zero-order chi connectivity index (χ0) is 21.9. The molecule has 0 amide bonds. The lowest BCUT2D eigenvalue weighted by Gasteiger charge is -2.23. The first-order valence-corrected chi connectivity index (χ1v) is 10.5. The largest absolute Gasteiger partial charge is 0.497 e. The van der Waals surface area contributed by atoms with E-state index in [1.807, 2.05) is 40.9 Å². The first-order valence-electron chi connectivity index (χ1n) is 10.5. The van der Waals surface area contributed by atoms with Gasteiger partial charge in [0, 0.05) is 37.4 Å². The second-order valence-electron chi connectivity index (χ2n) is 7.71. The van der Waals surface area contributed by atoms with Crippen LogP contribution in [0.5, 0.6) is 5.75 Å². The van der Waals surface area contributed by atoms with Gasteiger partial charge >= 0.3 is 0 Å². The molecular formula is C23H23FN6O2. The van der Waals surface area contributed by atoms with E-state index in [2.05, 4.69) is 25.5 Å². The van der Waals surface area contributed by atoms with Crippen molar-refractivity contribution in [1.82, 2.24) is 24.6 Å². The first kappa shape index (κ1) is 20.3. The number of methoxy groups -OCH3 is 1. The SMILES string of the molecule is COc1ccc(Cc2nnc3cc(-c4nc(NC5CCOCC5)ncc4F)ccn23)cc1. The second-order valence-corrected chi connectivity index (χ2v) is 7.71. The van der Waals surface area contributed by atoms with Gasteiger partial charge < -0.3 is 14.8 Å². The molecule has 4 heterocycles. The summed E-state index contributed by atoms with van der Waals surface area (Å²) in [7, 11) is 1.64. The van der Waals surface area contributed by atoms with Gasteiger partial charge in [0.05, 0.1) is 13.3 Å². The molecule has 1 aliphatic rings. The van der Waals surface area contributed by atoms with Crippen LogP contribution in [0.1, 0.15) is 24.2 Å². The van der Waals surface area contributed by atoms with Crippen LogP contribution in [-0.4, -0.2) is 50.9 Å². The summed E-state index contributed by atoms with van der Waals surface area (Å²) in [6.07, 6.45) is 5.41. The molecule has 0 radical (unpaired) electrons. The van der Waals surface area contributed by atoms with Gasteiger partial charge in [-0.15, -0.1) is 10.2 Å². The summed E-state index contributed by atoms with van der Waals surface area (Å²) < 4.78 is 27.0. The molecule has 0 aliphatic carbocycles. The number of fused-ring (bicyclic) bond motifs is 1. The molecule has 1 aromatic carbocycles. The molecule has 1 saturated heterocycles. The van der Waals surface area contributed by atoms with E-state index in [4.69, 9.17) is 9.47 Å². The fraction of sp³-hybridized carbons (Fsp3) is 0.304. The van der Waals surface area contributed by atoms with E-state index >= 15 is 0 Å². The van der Waals surface area contributed by atoms with Gasteiger partial charge in [-0.05, 0) is 42.7 Å². The molecule has 0 atom stereocenters. The molecule has 164 valence electrons. The Balaban J connectivity index is 1.39. The third-order valence-corrected chi connectivity index (χ3v) is 5.57. The number of ether oxygens (including phenoxy) is 2. The van der Waals surface area contributed by atoms with Crippen molar-refractivity contribution in [2.75, 3.05) is 25.6 Å². The van der Waals surface area contributed by atoms with E-state index in [0.717, 1.165) is 30.0 Å². The predicted molar refractivity (Wildman–Crippen MR) is 117 cm³/mol. The molecule has 32 heavy (non-hydrogen) atoms. The van der Waals surface area contributed by atoms with Crippen LogP contribution in [0.25, 0.3) is 16.9 Å². The number of nitrogens with one attached hydrogen (secondary N) is 1. The summed E-state index contributed by atoms with van der Waals surface area (Å²) in [5, 5.41) is 11.9. The van der Waals surface area contributed by atoms with E-state index in [1.54, 1.807) is 13.2 Å². The fourth-order valence-electron chi connectivity index (χ4n) is 3.80. The van der Waals surface area contributed by atoms with Crippen molar-refractivity contribution in [2.24, 2.45) is 0 Å². The smallest absolute Gasteiger partial charge is 0.223 e. The number of rotatable bonds is 6. The molecule has 0 bridgehead atoms. The lowest BCUT2D eigenvalue weighted by molar-refractivity contribution is 0.0903. The number of benzene rings is 1. The van der Waals surface area contributed by atoms with Crippen molar-refractivity contribution in [3.8, 4) is 17.0 Å². The van der Waals surface area contributed by atoms with E-state index in [0.29, 0.717) is 36.8 Å². The summed E-state index contributed by atoms with van der Waals surface area (Å²) in [6.45, 7) is 1.41. The number of hydrogen-bond acceptors (Lipinski definition) is 7. The second kappa shape index (κ2) is 8.88. The Labute approximate surface area is 184 Å². The number of pyridine rings is 1. The number of aromatic nitrogens is 5. The fourth-order valence-corrected chi connectivity index (χ4v) is 3.80. The summed E-state index contributed by atoms with van der Waals surface area (Å²) in [4.78, 5) is 8.53. The maximum absolute atomic E-state index is 14.6. The number of halogens is 1. The van der Waals surface area contributed by atoms with Crippen LogP contribution in [0.3, 0.4) is 0 Å². The lowest BCUT2D eigenvalue weighted by Crippen LogP contribution is -2.28. The maximum Gasteiger partial charge on any atom is 0.223 e. The number of nitrogens with zero attached hydrogens (tertiary/aromatic N) is 5. The van der Waals surface area contributed by atoms with Gasteiger partial charge in [-0.3, -0.25) is 4.40 Å². The molecule has 8 nitrogen and oxygen atoms in total. The van der Waals surface area contributed by atoms with Gasteiger partial charge in [0.15, 0.2) is 11.5 Å². The van der Waals surface area contributed by atoms with Gasteiger partial charge in [-0.25, -0.2) is 14.4 Å². The van der Waals surface area contributed by atoms with Crippen molar-refractivity contribution in [1.29, 1.82) is 0 Å². The van der Waals surface area contributed by atoms with Crippen LogP contribution in [0, 0.1) is 5.82 Å². The van der Waals surface area contributed by atoms with Crippen LogP contribution in [0.15, 0.2) is 48.8 Å². The Bertz CT molecular complexity index is 1220. The Hall–Kier alpha value is -3.59. The molecule has 0 unspecified atom stereocenters. The van der Waals surface area contributed by atoms with Crippen molar-refractivity contribution in [3.63, 3.8) is 0 Å². The highest BCUT2D eigenvalue weighted by molar-refractivity contribution is 5.65. The van der Waals surface area contributed by atoms with Crippen molar-refractivity contribution < 1.29 is 13.9 Å². The minimum absolute atomic E-state index is 0.224. The highest BCUT2D eigenvalue weighted by Gasteiger charge is 2.17. The molecule has 9 heteroatoms. The van der Waals surface area contributed by atoms with Crippen LogP contribution >= 0.6 is 0 Å². The van der Waals surface area contributed by atoms with Gasteiger partial charge in [-0.2, -0.15) is 0 Å². The van der Waals surface area contributed by atoms with Gasteiger partial charge in [-0.1, -0.05) is 12.1 Å². The molecule has 1 N–H and O–H groups in total. The van der Waals surface area contributed by atoms with E-state index in [9.17, 15) is 4.39 Å². The zero-order valence-electron chi connectivity index (χ0n) is 17.7. The molecule has 0 spiro atoms. The normalized spacial score (nSPS) is 14.6. The van der Waals surface area contributed by atoms with Crippen molar-refractivity contribution >= 4 is 11.6 Å². The summed E-state index contributed by atoms with van der Waals surface area (Å²) in [5.74, 6) is 1.53. The van der Waals surface area contributed by atoms with E-state index in [1.165, 1.54) is 6.20 Å². The highest BCUT2D eigenvalue weighted by Crippen LogP contribution is 2.24.